The van der Waals surface area contributed by atoms with Crippen molar-refractivity contribution in [1.29, 1.82) is 0 Å². The first kappa shape index (κ1) is 16.2. The Kier molecular flexibility index (Phi) is 8.11. The summed E-state index contributed by atoms with van der Waals surface area (Å²) in [6, 6.07) is 6.86. The van der Waals surface area contributed by atoms with Crippen molar-refractivity contribution in [2.24, 2.45) is 5.10 Å². The highest BCUT2D eigenvalue weighted by Crippen LogP contribution is 2.12. The van der Waals surface area contributed by atoms with E-state index in [9.17, 15) is 9.90 Å². The maximum atomic E-state index is 11.5. The van der Waals surface area contributed by atoms with Gasteiger partial charge in [-0.25, -0.2) is 5.43 Å². The molecule has 0 aromatic heterocycles. The lowest BCUT2D eigenvalue weighted by Gasteiger charge is -2.01. The second kappa shape index (κ2) is 10.0. The van der Waals surface area contributed by atoms with Crippen LogP contribution in [-0.2, 0) is 4.79 Å². The number of unbranched alkanes of at least 4 members (excludes halogenated alkanes) is 5. The van der Waals surface area contributed by atoms with Gasteiger partial charge in [0, 0.05) is 12.0 Å². The van der Waals surface area contributed by atoms with Gasteiger partial charge in [-0.15, -0.1) is 0 Å². The van der Waals surface area contributed by atoms with Crippen LogP contribution in [0.2, 0.25) is 0 Å². The monoisotopic (exact) mass is 276 g/mol. The number of phenols is 1. The molecule has 0 aliphatic carbocycles. The first-order chi connectivity index (χ1) is 9.74. The summed E-state index contributed by atoms with van der Waals surface area (Å²) in [6.07, 6.45) is 8.92. The molecule has 110 valence electrons. The summed E-state index contributed by atoms with van der Waals surface area (Å²) in [4.78, 5) is 11.5. The van der Waals surface area contributed by atoms with Crippen LogP contribution in [0.25, 0.3) is 0 Å². The predicted octanol–water partition coefficient (Wildman–Crippen LogP) is 3.59. The molecular formula is C16H24N2O2. The number of amides is 1. The summed E-state index contributed by atoms with van der Waals surface area (Å²) in [5.41, 5.74) is 3.07. The number of hydrogen-bond acceptors (Lipinski definition) is 3. The van der Waals surface area contributed by atoms with Gasteiger partial charge in [-0.05, 0) is 18.6 Å². The maximum absolute atomic E-state index is 11.5. The van der Waals surface area contributed by atoms with E-state index in [1.165, 1.54) is 31.9 Å². The number of carbonyl (C=O) groups is 1. The smallest absolute Gasteiger partial charge is 0.240 e. The molecule has 0 saturated carbocycles. The van der Waals surface area contributed by atoms with Crippen LogP contribution in [0.1, 0.15) is 57.4 Å². The van der Waals surface area contributed by atoms with E-state index in [1.54, 1.807) is 24.3 Å². The molecule has 4 nitrogen and oxygen atoms in total. The van der Waals surface area contributed by atoms with Crippen molar-refractivity contribution in [3.05, 3.63) is 29.8 Å². The molecule has 4 heteroatoms. The number of benzene rings is 1. The van der Waals surface area contributed by atoms with Crippen LogP contribution in [0.3, 0.4) is 0 Å². The molecule has 0 aliphatic rings. The molecule has 1 amide bonds. The maximum Gasteiger partial charge on any atom is 0.240 e. The molecule has 0 atom stereocenters. The van der Waals surface area contributed by atoms with Crippen molar-refractivity contribution in [2.75, 3.05) is 0 Å². The molecular weight excluding hydrogens is 252 g/mol. The normalized spacial score (nSPS) is 10.8. The first-order valence-electron chi connectivity index (χ1n) is 7.34. The third-order valence-electron chi connectivity index (χ3n) is 3.09. The lowest BCUT2D eigenvalue weighted by molar-refractivity contribution is -0.121. The fourth-order valence-electron chi connectivity index (χ4n) is 1.89. The van der Waals surface area contributed by atoms with Crippen molar-refractivity contribution in [1.82, 2.24) is 5.43 Å². The molecule has 0 fully saturated rings. The van der Waals surface area contributed by atoms with Crippen molar-refractivity contribution >= 4 is 12.1 Å². The van der Waals surface area contributed by atoms with Crippen molar-refractivity contribution in [2.45, 2.75) is 51.9 Å². The van der Waals surface area contributed by atoms with Crippen LogP contribution in [0, 0.1) is 0 Å². The number of phenolic OH excluding ortho intramolecular Hbond substituents is 1. The van der Waals surface area contributed by atoms with Gasteiger partial charge < -0.3 is 5.11 Å². The third kappa shape index (κ3) is 6.92. The highest BCUT2D eigenvalue weighted by atomic mass is 16.3. The van der Waals surface area contributed by atoms with Crippen molar-refractivity contribution < 1.29 is 9.90 Å². The average Bonchev–Trinajstić information content (AvgIpc) is 2.45. The first-order valence-corrected chi connectivity index (χ1v) is 7.34. The van der Waals surface area contributed by atoms with Gasteiger partial charge in [0.05, 0.1) is 6.21 Å². The summed E-state index contributed by atoms with van der Waals surface area (Å²) in [5, 5.41) is 13.4. The van der Waals surface area contributed by atoms with E-state index in [-0.39, 0.29) is 11.7 Å². The van der Waals surface area contributed by atoms with Gasteiger partial charge in [0.15, 0.2) is 0 Å². The van der Waals surface area contributed by atoms with E-state index in [1.807, 2.05) is 0 Å². The fourth-order valence-corrected chi connectivity index (χ4v) is 1.89. The van der Waals surface area contributed by atoms with E-state index < -0.39 is 0 Å². The third-order valence-corrected chi connectivity index (χ3v) is 3.09. The van der Waals surface area contributed by atoms with E-state index in [2.05, 4.69) is 17.5 Å². The van der Waals surface area contributed by atoms with Crippen LogP contribution in [0.5, 0.6) is 5.75 Å². The van der Waals surface area contributed by atoms with Crippen LogP contribution < -0.4 is 5.43 Å². The molecule has 1 rings (SSSR count). The Balaban J connectivity index is 2.15. The minimum atomic E-state index is -0.0767. The topological polar surface area (TPSA) is 61.7 Å². The summed E-state index contributed by atoms with van der Waals surface area (Å²) in [6.45, 7) is 2.19. The molecule has 1 aromatic carbocycles. The van der Waals surface area contributed by atoms with Gasteiger partial charge in [0.25, 0.3) is 0 Å². The van der Waals surface area contributed by atoms with Gasteiger partial charge in [0.2, 0.25) is 5.91 Å². The van der Waals surface area contributed by atoms with Crippen LogP contribution in [0.4, 0.5) is 0 Å². The second-order valence-electron chi connectivity index (χ2n) is 4.87. The number of rotatable bonds is 9. The Morgan fingerprint density at radius 3 is 2.65 bits per heavy atom. The molecule has 0 spiro atoms. The number of hydrazone groups is 1. The minimum Gasteiger partial charge on any atom is -0.507 e. The Bertz CT molecular complexity index is 430. The summed E-state index contributed by atoms with van der Waals surface area (Å²) < 4.78 is 0. The number of para-hydroxylation sites is 1. The predicted molar refractivity (Wildman–Crippen MR) is 81.8 cm³/mol. The van der Waals surface area contributed by atoms with Crippen molar-refractivity contribution in [3.8, 4) is 5.75 Å². The highest BCUT2D eigenvalue weighted by molar-refractivity contribution is 5.84. The fraction of sp³-hybridized carbons (Fsp3) is 0.500. The number of nitrogens with zero attached hydrogens (tertiary/aromatic N) is 1. The van der Waals surface area contributed by atoms with E-state index >= 15 is 0 Å². The number of nitrogens with one attached hydrogen (secondary N) is 1. The lowest BCUT2D eigenvalue weighted by atomic mass is 10.1. The molecule has 0 aliphatic heterocycles. The van der Waals surface area contributed by atoms with Gasteiger partial charge in [-0.2, -0.15) is 5.10 Å². The number of aromatic hydroxyl groups is 1. The summed E-state index contributed by atoms with van der Waals surface area (Å²) >= 11 is 0. The summed E-state index contributed by atoms with van der Waals surface area (Å²) in [7, 11) is 0. The molecule has 2 N–H and O–H groups in total. The van der Waals surface area contributed by atoms with Crippen LogP contribution in [-0.4, -0.2) is 17.2 Å². The quantitative estimate of drug-likeness (QED) is 0.411. The van der Waals surface area contributed by atoms with E-state index in [0.717, 1.165) is 12.8 Å². The zero-order valence-electron chi connectivity index (χ0n) is 12.1. The molecule has 0 bridgehead atoms. The second-order valence-corrected chi connectivity index (χ2v) is 4.87. The van der Waals surface area contributed by atoms with Crippen LogP contribution >= 0.6 is 0 Å². The number of carbonyl (C=O) groups excluding carboxylic acids is 1. The zero-order chi connectivity index (χ0) is 14.6. The summed E-state index contributed by atoms with van der Waals surface area (Å²) in [5.74, 6) is 0.0774. The average molecular weight is 276 g/mol. The molecule has 0 radical (unpaired) electrons. The SMILES string of the molecule is CCCCCCCCC(=O)N/N=C/c1ccccc1O. The Hall–Kier alpha value is -1.84. The molecule has 0 saturated heterocycles. The van der Waals surface area contributed by atoms with Gasteiger partial charge in [0.1, 0.15) is 5.75 Å². The Morgan fingerprint density at radius 1 is 1.20 bits per heavy atom. The minimum absolute atomic E-state index is 0.0767. The van der Waals surface area contributed by atoms with Crippen molar-refractivity contribution in [3.63, 3.8) is 0 Å². The standard InChI is InChI=1S/C16H24N2O2/c1-2-3-4-5-6-7-12-16(20)18-17-13-14-10-8-9-11-15(14)19/h8-11,13,19H,2-7,12H2,1H3,(H,18,20)/b17-13+. The number of hydrogen-bond donors (Lipinski definition) is 2. The van der Waals surface area contributed by atoms with E-state index in [4.69, 9.17) is 0 Å². The van der Waals surface area contributed by atoms with Gasteiger partial charge >= 0.3 is 0 Å². The molecule has 1 aromatic rings. The largest absolute Gasteiger partial charge is 0.507 e. The van der Waals surface area contributed by atoms with Crippen LogP contribution in [0.15, 0.2) is 29.4 Å². The molecule has 0 unspecified atom stereocenters. The zero-order valence-corrected chi connectivity index (χ0v) is 12.1. The highest BCUT2D eigenvalue weighted by Gasteiger charge is 1.99. The Morgan fingerprint density at radius 2 is 1.90 bits per heavy atom. The molecule has 0 heterocycles. The molecule has 20 heavy (non-hydrogen) atoms. The van der Waals surface area contributed by atoms with Gasteiger partial charge in [-0.1, -0.05) is 51.2 Å². The van der Waals surface area contributed by atoms with E-state index in [0.29, 0.717) is 12.0 Å². The van der Waals surface area contributed by atoms with Gasteiger partial charge in [-0.3, -0.25) is 4.79 Å². The lowest BCUT2D eigenvalue weighted by Crippen LogP contribution is -2.16. The Labute approximate surface area is 120 Å².